The average molecular weight is 244 g/mol. The van der Waals surface area contributed by atoms with Crippen LogP contribution in [0.25, 0.3) is 0 Å². The molecule has 3 nitrogen and oxygen atoms in total. The molecular formula is C14H13FN2O. The number of anilines is 1. The van der Waals surface area contributed by atoms with E-state index in [2.05, 4.69) is 10.3 Å². The summed E-state index contributed by atoms with van der Waals surface area (Å²) >= 11 is 0. The third-order valence-electron chi connectivity index (χ3n) is 2.59. The van der Waals surface area contributed by atoms with Crippen molar-refractivity contribution in [2.45, 2.75) is 13.8 Å². The van der Waals surface area contributed by atoms with Crippen molar-refractivity contribution in [3.63, 3.8) is 0 Å². The van der Waals surface area contributed by atoms with Crippen molar-refractivity contribution in [2.75, 3.05) is 5.32 Å². The molecule has 0 spiro atoms. The van der Waals surface area contributed by atoms with Crippen molar-refractivity contribution < 1.29 is 9.18 Å². The molecule has 0 atom stereocenters. The van der Waals surface area contributed by atoms with E-state index in [0.717, 1.165) is 5.56 Å². The van der Waals surface area contributed by atoms with Gasteiger partial charge in [-0.15, -0.1) is 0 Å². The van der Waals surface area contributed by atoms with Crippen LogP contribution in [0.5, 0.6) is 0 Å². The van der Waals surface area contributed by atoms with E-state index in [1.807, 2.05) is 13.0 Å². The molecule has 1 aromatic heterocycles. The fourth-order valence-electron chi connectivity index (χ4n) is 1.67. The first-order valence-electron chi connectivity index (χ1n) is 5.56. The van der Waals surface area contributed by atoms with Crippen molar-refractivity contribution in [2.24, 2.45) is 0 Å². The van der Waals surface area contributed by atoms with Crippen LogP contribution >= 0.6 is 0 Å². The van der Waals surface area contributed by atoms with E-state index in [1.165, 1.54) is 18.2 Å². The van der Waals surface area contributed by atoms with Crippen LogP contribution in [-0.4, -0.2) is 10.9 Å². The summed E-state index contributed by atoms with van der Waals surface area (Å²) in [6.07, 6.45) is 1.63. The smallest absolute Gasteiger partial charge is 0.257 e. The Hall–Kier alpha value is -2.23. The van der Waals surface area contributed by atoms with E-state index in [1.54, 1.807) is 19.2 Å². The Morgan fingerprint density at radius 2 is 2.00 bits per heavy atom. The van der Waals surface area contributed by atoms with Gasteiger partial charge in [-0.1, -0.05) is 0 Å². The lowest BCUT2D eigenvalue weighted by Crippen LogP contribution is -2.14. The molecule has 4 heteroatoms. The molecule has 1 amide bonds. The number of carbonyl (C=O) groups excluding carboxylic acids is 1. The summed E-state index contributed by atoms with van der Waals surface area (Å²) in [5.74, 6) is -0.146. The van der Waals surface area contributed by atoms with Crippen LogP contribution in [-0.2, 0) is 0 Å². The van der Waals surface area contributed by atoms with Crippen LogP contribution in [0.1, 0.15) is 21.5 Å². The van der Waals surface area contributed by atoms with Gasteiger partial charge in [0.1, 0.15) is 11.6 Å². The second-order valence-electron chi connectivity index (χ2n) is 4.13. The Labute approximate surface area is 105 Å². The summed E-state index contributed by atoms with van der Waals surface area (Å²) < 4.78 is 12.9. The molecule has 1 N–H and O–H groups in total. The van der Waals surface area contributed by atoms with E-state index < -0.39 is 0 Å². The van der Waals surface area contributed by atoms with Gasteiger partial charge in [-0.25, -0.2) is 9.37 Å². The number of pyridine rings is 1. The van der Waals surface area contributed by atoms with E-state index in [-0.39, 0.29) is 11.7 Å². The van der Waals surface area contributed by atoms with Gasteiger partial charge >= 0.3 is 0 Å². The summed E-state index contributed by atoms with van der Waals surface area (Å²) in [6.45, 7) is 3.61. The highest BCUT2D eigenvalue weighted by molar-refractivity contribution is 6.04. The Morgan fingerprint density at radius 1 is 1.22 bits per heavy atom. The Morgan fingerprint density at radius 3 is 2.67 bits per heavy atom. The zero-order chi connectivity index (χ0) is 13.1. The molecule has 0 aliphatic carbocycles. The van der Waals surface area contributed by atoms with Crippen molar-refractivity contribution in [3.05, 3.63) is 59.0 Å². The fourth-order valence-corrected chi connectivity index (χ4v) is 1.67. The molecule has 1 heterocycles. The topological polar surface area (TPSA) is 42.0 Å². The van der Waals surface area contributed by atoms with Gasteiger partial charge in [0.2, 0.25) is 0 Å². The minimum atomic E-state index is -0.349. The molecule has 0 bridgehead atoms. The van der Waals surface area contributed by atoms with E-state index >= 15 is 0 Å². The second-order valence-corrected chi connectivity index (χ2v) is 4.13. The second kappa shape index (κ2) is 4.96. The number of benzene rings is 1. The van der Waals surface area contributed by atoms with Crippen LogP contribution in [0.2, 0.25) is 0 Å². The first kappa shape index (κ1) is 12.2. The number of hydrogen-bond donors (Lipinski definition) is 1. The minimum Gasteiger partial charge on any atom is -0.307 e. The predicted octanol–water partition coefficient (Wildman–Crippen LogP) is 3.09. The number of carbonyl (C=O) groups is 1. The molecule has 2 rings (SSSR count). The number of aryl methyl sites for hydroxylation is 2. The molecule has 0 aliphatic heterocycles. The number of aromatic nitrogens is 1. The monoisotopic (exact) mass is 244 g/mol. The molecule has 0 saturated carbocycles. The van der Waals surface area contributed by atoms with Crippen molar-refractivity contribution in [1.82, 2.24) is 4.98 Å². The molecule has 18 heavy (non-hydrogen) atoms. The van der Waals surface area contributed by atoms with Gasteiger partial charge in [-0.3, -0.25) is 4.79 Å². The molecular weight excluding hydrogens is 231 g/mol. The molecule has 2 aromatic rings. The summed E-state index contributed by atoms with van der Waals surface area (Å²) in [7, 11) is 0. The highest BCUT2D eigenvalue weighted by Crippen LogP contribution is 2.13. The molecule has 0 fully saturated rings. The summed E-state index contributed by atoms with van der Waals surface area (Å²) in [5, 5.41) is 2.69. The van der Waals surface area contributed by atoms with Crippen LogP contribution in [0, 0.1) is 19.7 Å². The van der Waals surface area contributed by atoms with Crippen LogP contribution < -0.4 is 5.32 Å². The third kappa shape index (κ3) is 2.71. The van der Waals surface area contributed by atoms with Gasteiger partial charge < -0.3 is 5.32 Å². The van der Waals surface area contributed by atoms with Gasteiger partial charge in [0.25, 0.3) is 5.91 Å². The standard InChI is InChI=1S/C14H13FN2O/c1-9-5-6-16-13(7-9)17-14(18)12-4-3-11(15)8-10(12)2/h3-8H,1-2H3,(H,16,17,18). The van der Waals surface area contributed by atoms with Crippen molar-refractivity contribution >= 4 is 11.7 Å². The Balaban J connectivity index is 2.22. The van der Waals surface area contributed by atoms with E-state index in [9.17, 15) is 9.18 Å². The SMILES string of the molecule is Cc1ccnc(NC(=O)c2ccc(F)cc2C)c1. The van der Waals surface area contributed by atoms with Gasteiger partial charge in [-0.05, 0) is 55.3 Å². The number of nitrogens with zero attached hydrogens (tertiary/aromatic N) is 1. The molecule has 0 saturated heterocycles. The normalized spacial score (nSPS) is 10.2. The first-order chi connectivity index (χ1) is 8.56. The fraction of sp³-hybridized carbons (Fsp3) is 0.143. The maximum absolute atomic E-state index is 12.9. The van der Waals surface area contributed by atoms with Crippen molar-refractivity contribution in [1.29, 1.82) is 0 Å². The third-order valence-corrected chi connectivity index (χ3v) is 2.59. The maximum atomic E-state index is 12.9. The molecule has 0 radical (unpaired) electrons. The van der Waals surface area contributed by atoms with Crippen LogP contribution in [0.15, 0.2) is 36.5 Å². The minimum absolute atomic E-state index is 0.286. The molecule has 0 aliphatic rings. The number of nitrogens with one attached hydrogen (secondary N) is 1. The van der Waals surface area contributed by atoms with Gasteiger partial charge in [-0.2, -0.15) is 0 Å². The quantitative estimate of drug-likeness (QED) is 0.882. The zero-order valence-corrected chi connectivity index (χ0v) is 10.2. The van der Waals surface area contributed by atoms with Gasteiger partial charge in [0.15, 0.2) is 0 Å². The summed E-state index contributed by atoms with van der Waals surface area (Å²) in [6, 6.07) is 7.69. The average Bonchev–Trinajstić information content (AvgIpc) is 2.28. The number of hydrogen-bond acceptors (Lipinski definition) is 2. The summed E-state index contributed by atoms with van der Waals surface area (Å²) in [4.78, 5) is 16.0. The number of amides is 1. The van der Waals surface area contributed by atoms with E-state index in [4.69, 9.17) is 0 Å². The van der Waals surface area contributed by atoms with Crippen molar-refractivity contribution in [3.8, 4) is 0 Å². The molecule has 0 unspecified atom stereocenters. The summed E-state index contributed by atoms with van der Waals surface area (Å²) in [5.41, 5.74) is 2.05. The lowest BCUT2D eigenvalue weighted by Gasteiger charge is -2.07. The van der Waals surface area contributed by atoms with Crippen LogP contribution in [0.3, 0.4) is 0 Å². The van der Waals surface area contributed by atoms with E-state index in [0.29, 0.717) is 16.9 Å². The number of halogens is 1. The zero-order valence-electron chi connectivity index (χ0n) is 10.2. The largest absolute Gasteiger partial charge is 0.307 e. The molecule has 92 valence electrons. The Bertz CT molecular complexity index is 596. The Kier molecular flexibility index (Phi) is 3.37. The van der Waals surface area contributed by atoms with Gasteiger partial charge in [0, 0.05) is 11.8 Å². The lowest BCUT2D eigenvalue weighted by atomic mass is 10.1. The highest BCUT2D eigenvalue weighted by atomic mass is 19.1. The molecule has 1 aromatic carbocycles. The lowest BCUT2D eigenvalue weighted by molar-refractivity contribution is 0.102. The highest BCUT2D eigenvalue weighted by Gasteiger charge is 2.10. The van der Waals surface area contributed by atoms with Crippen LogP contribution in [0.4, 0.5) is 10.2 Å². The predicted molar refractivity (Wildman–Crippen MR) is 68.1 cm³/mol. The first-order valence-corrected chi connectivity index (χ1v) is 5.56. The maximum Gasteiger partial charge on any atom is 0.257 e. The van der Waals surface area contributed by atoms with Gasteiger partial charge in [0.05, 0.1) is 0 Å². The number of rotatable bonds is 2.